The summed E-state index contributed by atoms with van der Waals surface area (Å²) in [5.74, 6) is -1.43. The summed E-state index contributed by atoms with van der Waals surface area (Å²) in [7, 11) is 0. The van der Waals surface area contributed by atoms with Crippen molar-refractivity contribution in [1.82, 2.24) is 5.32 Å². The third kappa shape index (κ3) is 3.97. The van der Waals surface area contributed by atoms with Crippen LogP contribution in [0.1, 0.15) is 16.8 Å². The third-order valence-electron chi connectivity index (χ3n) is 2.28. The van der Waals surface area contributed by atoms with E-state index >= 15 is 0 Å². The number of carbonyl (C=O) groups excluding carboxylic acids is 2. The number of aliphatic hydroxyl groups excluding tert-OH is 2. The highest BCUT2D eigenvalue weighted by Gasteiger charge is 2.19. The van der Waals surface area contributed by atoms with Crippen LogP contribution in [0.25, 0.3) is 0 Å². The third-order valence-corrected chi connectivity index (χ3v) is 2.28. The molecule has 1 aromatic rings. The standard InChI is InChI=1S/C12H15NO4/c14-7-6-10(8-15)13-12(17)11(16)9-4-2-1-3-5-9/h1-5,10,14-15H,6-8H2,(H,13,17). The van der Waals surface area contributed by atoms with Gasteiger partial charge in [-0.25, -0.2) is 0 Å². The van der Waals surface area contributed by atoms with Crippen LogP contribution < -0.4 is 5.32 Å². The number of rotatable bonds is 6. The van der Waals surface area contributed by atoms with Gasteiger partial charge in [0.05, 0.1) is 12.6 Å². The lowest BCUT2D eigenvalue weighted by atomic mass is 10.1. The molecule has 0 radical (unpaired) electrons. The van der Waals surface area contributed by atoms with Gasteiger partial charge in [0, 0.05) is 12.2 Å². The molecule has 0 saturated carbocycles. The first-order valence-corrected chi connectivity index (χ1v) is 5.31. The second-order valence-electron chi connectivity index (χ2n) is 3.56. The lowest BCUT2D eigenvalue weighted by Gasteiger charge is -2.14. The Labute approximate surface area is 99.1 Å². The van der Waals surface area contributed by atoms with Crippen LogP contribution in [0, 0.1) is 0 Å². The van der Waals surface area contributed by atoms with E-state index in [1.807, 2.05) is 0 Å². The maximum atomic E-state index is 11.6. The van der Waals surface area contributed by atoms with E-state index in [4.69, 9.17) is 10.2 Å². The van der Waals surface area contributed by atoms with E-state index in [1.54, 1.807) is 30.3 Å². The largest absolute Gasteiger partial charge is 0.396 e. The molecule has 0 bridgehead atoms. The summed E-state index contributed by atoms with van der Waals surface area (Å²) in [5.41, 5.74) is 0.297. The fraction of sp³-hybridized carbons (Fsp3) is 0.333. The van der Waals surface area contributed by atoms with Crippen molar-refractivity contribution >= 4 is 11.7 Å². The zero-order valence-corrected chi connectivity index (χ0v) is 9.30. The van der Waals surface area contributed by atoms with Gasteiger partial charge < -0.3 is 15.5 Å². The molecular formula is C12H15NO4. The van der Waals surface area contributed by atoms with Crippen LogP contribution in [0.2, 0.25) is 0 Å². The average molecular weight is 237 g/mol. The number of hydrogen-bond donors (Lipinski definition) is 3. The Morgan fingerprint density at radius 1 is 1.18 bits per heavy atom. The van der Waals surface area contributed by atoms with Gasteiger partial charge in [-0.05, 0) is 6.42 Å². The summed E-state index contributed by atoms with van der Waals surface area (Å²) < 4.78 is 0. The molecule has 0 saturated heterocycles. The Balaban J connectivity index is 2.61. The molecular weight excluding hydrogens is 222 g/mol. The topological polar surface area (TPSA) is 86.6 Å². The van der Waals surface area contributed by atoms with Crippen LogP contribution in [0.5, 0.6) is 0 Å². The Kier molecular flexibility index (Phi) is 5.32. The number of amides is 1. The molecule has 0 aliphatic heterocycles. The predicted octanol–water partition coefficient (Wildman–Crippen LogP) is -0.271. The number of Topliss-reactive ketones (excluding diaryl/α,β-unsaturated/α-hetero) is 1. The number of ketones is 1. The summed E-state index contributed by atoms with van der Waals surface area (Å²) in [6.07, 6.45) is 0.213. The van der Waals surface area contributed by atoms with Gasteiger partial charge in [-0.15, -0.1) is 0 Å². The predicted molar refractivity (Wildman–Crippen MR) is 61.5 cm³/mol. The number of aliphatic hydroxyl groups is 2. The molecule has 0 heterocycles. The van der Waals surface area contributed by atoms with E-state index in [0.717, 1.165) is 0 Å². The zero-order chi connectivity index (χ0) is 12.7. The van der Waals surface area contributed by atoms with Gasteiger partial charge in [-0.2, -0.15) is 0 Å². The Hall–Kier alpha value is -1.72. The molecule has 0 aromatic heterocycles. The number of carbonyl (C=O) groups is 2. The van der Waals surface area contributed by atoms with Gasteiger partial charge in [-0.3, -0.25) is 9.59 Å². The molecule has 1 unspecified atom stereocenters. The van der Waals surface area contributed by atoms with E-state index in [1.165, 1.54) is 0 Å². The smallest absolute Gasteiger partial charge is 0.292 e. The summed E-state index contributed by atoms with van der Waals surface area (Å²) in [6.45, 7) is -0.473. The zero-order valence-electron chi connectivity index (χ0n) is 9.30. The summed E-state index contributed by atoms with van der Waals surface area (Å²) in [6, 6.07) is 7.57. The molecule has 0 aliphatic carbocycles. The highest BCUT2D eigenvalue weighted by atomic mass is 16.3. The van der Waals surface area contributed by atoms with Crippen molar-refractivity contribution in [3.05, 3.63) is 35.9 Å². The second-order valence-corrected chi connectivity index (χ2v) is 3.56. The summed E-state index contributed by atoms with van der Waals surface area (Å²) in [4.78, 5) is 23.2. The first-order chi connectivity index (χ1) is 8.19. The van der Waals surface area contributed by atoms with Gasteiger partial charge in [0.2, 0.25) is 5.78 Å². The molecule has 0 spiro atoms. The van der Waals surface area contributed by atoms with E-state index in [0.29, 0.717) is 5.56 Å². The highest BCUT2D eigenvalue weighted by molar-refractivity contribution is 6.42. The first kappa shape index (κ1) is 13.3. The molecule has 1 rings (SSSR count). The summed E-state index contributed by atoms with van der Waals surface area (Å²) in [5, 5.41) is 20.0. The molecule has 1 atom stereocenters. The van der Waals surface area contributed by atoms with E-state index < -0.39 is 17.7 Å². The molecule has 17 heavy (non-hydrogen) atoms. The fourth-order valence-corrected chi connectivity index (χ4v) is 1.34. The maximum absolute atomic E-state index is 11.6. The molecule has 5 nitrogen and oxygen atoms in total. The Morgan fingerprint density at radius 2 is 1.82 bits per heavy atom. The van der Waals surface area contributed by atoms with Gasteiger partial charge in [-0.1, -0.05) is 30.3 Å². The minimum absolute atomic E-state index is 0.162. The van der Waals surface area contributed by atoms with E-state index in [9.17, 15) is 9.59 Å². The van der Waals surface area contributed by atoms with Crippen LogP contribution in [0.4, 0.5) is 0 Å². The van der Waals surface area contributed by atoms with Crippen molar-refractivity contribution in [3.63, 3.8) is 0 Å². The van der Waals surface area contributed by atoms with Crippen LogP contribution in [-0.4, -0.2) is 41.2 Å². The van der Waals surface area contributed by atoms with Crippen molar-refractivity contribution in [2.75, 3.05) is 13.2 Å². The van der Waals surface area contributed by atoms with Crippen molar-refractivity contribution in [1.29, 1.82) is 0 Å². The molecule has 92 valence electrons. The van der Waals surface area contributed by atoms with Crippen molar-refractivity contribution < 1.29 is 19.8 Å². The maximum Gasteiger partial charge on any atom is 0.292 e. The van der Waals surface area contributed by atoms with Gasteiger partial charge in [0.15, 0.2) is 0 Å². The lowest BCUT2D eigenvalue weighted by Crippen LogP contribution is -2.41. The Bertz CT molecular complexity index is 377. The molecule has 1 aromatic carbocycles. The number of nitrogens with one attached hydrogen (secondary N) is 1. The van der Waals surface area contributed by atoms with Gasteiger partial charge in [0.1, 0.15) is 0 Å². The van der Waals surface area contributed by atoms with Crippen LogP contribution in [-0.2, 0) is 4.79 Å². The van der Waals surface area contributed by atoms with E-state index in [-0.39, 0.29) is 19.6 Å². The molecule has 5 heteroatoms. The Morgan fingerprint density at radius 3 is 2.35 bits per heavy atom. The quantitative estimate of drug-likeness (QED) is 0.469. The lowest BCUT2D eigenvalue weighted by molar-refractivity contribution is -0.118. The number of benzene rings is 1. The van der Waals surface area contributed by atoms with Crippen molar-refractivity contribution in [2.24, 2.45) is 0 Å². The second kappa shape index (κ2) is 6.78. The molecule has 3 N–H and O–H groups in total. The average Bonchev–Trinajstić information content (AvgIpc) is 2.38. The summed E-state index contributed by atoms with van der Waals surface area (Å²) >= 11 is 0. The highest BCUT2D eigenvalue weighted by Crippen LogP contribution is 2.00. The van der Waals surface area contributed by atoms with Gasteiger partial charge in [0.25, 0.3) is 5.91 Å². The monoisotopic (exact) mass is 237 g/mol. The molecule has 1 amide bonds. The van der Waals surface area contributed by atoms with Gasteiger partial charge >= 0.3 is 0 Å². The molecule has 0 aliphatic rings. The van der Waals surface area contributed by atoms with Crippen molar-refractivity contribution in [3.8, 4) is 0 Å². The SMILES string of the molecule is O=C(NC(CO)CCO)C(=O)c1ccccc1. The normalized spacial score (nSPS) is 11.9. The van der Waals surface area contributed by atoms with Crippen molar-refractivity contribution in [2.45, 2.75) is 12.5 Å². The number of hydrogen-bond acceptors (Lipinski definition) is 4. The minimum Gasteiger partial charge on any atom is -0.396 e. The van der Waals surface area contributed by atoms with Crippen LogP contribution in [0.15, 0.2) is 30.3 Å². The fourth-order valence-electron chi connectivity index (χ4n) is 1.34. The van der Waals surface area contributed by atoms with Crippen LogP contribution >= 0.6 is 0 Å². The van der Waals surface area contributed by atoms with E-state index in [2.05, 4.69) is 5.32 Å². The van der Waals surface area contributed by atoms with Crippen LogP contribution in [0.3, 0.4) is 0 Å². The first-order valence-electron chi connectivity index (χ1n) is 5.31. The minimum atomic E-state index is -0.774. The molecule has 0 fully saturated rings.